The first-order chi connectivity index (χ1) is 11.1. The second kappa shape index (κ2) is 8.08. The number of hydrogen-bond acceptors (Lipinski definition) is 6. The summed E-state index contributed by atoms with van der Waals surface area (Å²) in [5.74, 6) is 5.26. The predicted molar refractivity (Wildman–Crippen MR) is 86.6 cm³/mol. The number of benzene rings is 1. The lowest BCUT2D eigenvalue weighted by Crippen LogP contribution is -2.45. The Balaban J connectivity index is 2.22. The van der Waals surface area contributed by atoms with E-state index in [0.29, 0.717) is 23.5 Å². The van der Waals surface area contributed by atoms with E-state index in [1.165, 1.54) is 14.2 Å². The zero-order chi connectivity index (χ0) is 16.8. The van der Waals surface area contributed by atoms with Crippen molar-refractivity contribution < 1.29 is 19.1 Å². The van der Waals surface area contributed by atoms with Crippen molar-refractivity contribution in [2.24, 2.45) is 11.8 Å². The number of carbonyl (C=O) groups is 2. The van der Waals surface area contributed by atoms with Crippen LogP contribution in [0.5, 0.6) is 11.5 Å². The Morgan fingerprint density at radius 1 is 1.09 bits per heavy atom. The first-order valence-electron chi connectivity index (χ1n) is 7.89. The summed E-state index contributed by atoms with van der Waals surface area (Å²) in [6.07, 6.45) is 4.52. The van der Waals surface area contributed by atoms with Crippen molar-refractivity contribution in [2.45, 2.75) is 38.1 Å². The first-order valence-corrected chi connectivity index (χ1v) is 7.89. The smallest absolute Gasteiger partial charge is 0.229 e. The third kappa shape index (κ3) is 3.89. The molecular weight excluding hydrogens is 296 g/mol. The molecule has 0 aliphatic heterocycles. The van der Waals surface area contributed by atoms with E-state index in [4.69, 9.17) is 15.3 Å². The zero-order valence-corrected chi connectivity index (χ0v) is 13.6. The van der Waals surface area contributed by atoms with Gasteiger partial charge >= 0.3 is 0 Å². The van der Waals surface area contributed by atoms with Gasteiger partial charge in [-0.25, -0.2) is 0 Å². The number of hydrogen-bond donors (Lipinski definition) is 2. The van der Waals surface area contributed by atoms with Crippen molar-refractivity contribution in [3.63, 3.8) is 0 Å². The molecule has 0 heterocycles. The minimum absolute atomic E-state index is 0.144. The first kappa shape index (κ1) is 17.4. The van der Waals surface area contributed by atoms with Gasteiger partial charge < -0.3 is 9.47 Å². The fourth-order valence-corrected chi connectivity index (χ4v) is 3.11. The molecule has 0 spiro atoms. The molecule has 6 nitrogen and oxygen atoms in total. The monoisotopic (exact) mass is 320 g/mol. The number of ether oxygens (including phenoxy) is 2. The second-order valence-electron chi connectivity index (χ2n) is 5.78. The molecule has 1 aromatic carbocycles. The number of rotatable bonds is 6. The normalized spacial score (nSPS) is 21.3. The zero-order valence-electron chi connectivity index (χ0n) is 13.6. The lowest BCUT2D eigenvalue weighted by Gasteiger charge is -2.22. The van der Waals surface area contributed by atoms with E-state index in [0.717, 1.165) is 25.7 Å². The summed E-state index contributed by atoms with van der Waals surface area (Å²) in [7, 11) is 3.02. The fraction of sp³-hybridized carbons (Fsp3) is 0.529. The number of carbonyl (C=O) groups excluding carboxylic acids is 2. The average Bonchev–Trinajstić information content (AvgIpc) is 2.85. The third-order valence-electron chi connectivity index (χ3n) is 4.44. The maximum Gasteiger partial charge on any atom is 0.229 e. The van der Waals surface area contributed by atoms with Crippen LogP contribution in [0.3, 0.4) is 0 Å². The van der Waals surface area contributed by atoms with Crippen LogP contribution in [0.25, 0.3) is 0 Å². The number of nitrogens with one attached hydrogen (secondary N) is 1. The molecule has 3 N–H and O–H groups in total. The number of nitrogens with two attached hydrogens (primary N) is 1. The van der Waals surface area contributed by atoms with Crippen LogP contribution < -0.4 is 20.7 Å². The molecular formula is C17H24N2O4. The molecule has 0 bridgehead atoms. The van der Waals surface area contributed by atoms with Gasteiger partial charge in [0.1, 0.15) is 0 Å². The Kier molecular flexibility index (Phi) is 6.12. The number of ketones is 2. The summed E-state index contributed by atoms with van der Waals surface area (Å²) in [6.45, 7) is 0. The van der Waals surface area contributed by atoms with Gasteiger partial charge in [0.2, 0.25) is 11.6 Å². The van der Waals surface area contributed by atoms with Gasteiger partial charge in [-0.2, -0.15) is 0 Å². The van der Waals surface area contributed by atoms with Crippen LogP contribution in [0.4, 0.5) is 0 Å². The van der Waals surface area contributed by atoms with E-state index < -0.39 is 5.78 Å². The fourth-order valence-electron chi connectivity index (χ4n) is 3.11. The van der Waals surface area contributed by atoms with Crippen molar-refractivity contribution >= 4 is 11.6 Å². The molecule has 1 aliphatic rings. The lowest BCUT2D eigenvalue weighted by atomic mass is 9.87. The van der Waals surface area contributed by atoms with E-state index >= 15 is 0 Å². The van der Waals surface area contributed by atoms with Crippen LogP contribution in [0.15, 0.2) is 18.2 Å². The van der Waals surface area contributed by atoms with Crippen LogP contribution in [0.1, 0.15) is 42.5 Å². The lowest BCUT2D eigenvalue weighted by molar-refractivity contribution is -0.119. The largest absolute Gasteiger partial charge is 0.493 e. The molecule has 0 amide bonds. The third-order valence-corrected chi connectivity index (χ3v) is 4.44. The van der Waals surface area contributed by atoms with Gasteiger partial charge in [0.05, 0.1) is 14.2 Å². The number of hydrazine groups is 1. The van der Waals surface area contributed by atoms with Crippen LogP contribution >= 0.6 is 0 Å². The SMILES string of the molecule is COc1ccc(C(=O)C(=O)C2CCCCCC2NN)cc1OC. The summed E-state index contributed by atoms with van der Waals surface area (Å²) in [5, 5.41) is 0. The number of methoxy groups -OCH3 is 2. The maximum absolute atomic E-state index is 12.7. The summed E-state index contributed by atoms with van der Waals surface area (Å²) >= 11 is 0. The Morgan fingerprint density at radius 2 is 1.78 bits per heavy atom. The van der Waals surface area contributed by atoms with Gasteiger partial charge in [0.15, 0.2) is 11.5 Å². The highest BCUT2D eigenvalue weighted by Gasteiger charge is 2.33. The Hall–Kier alpha value is -1.92. The minimum Gasteiger partial charge on any atom is -0.493 e. The van der Waals surface area contributed by atoms with Crippen molar-refractivity contribution in [1.29, 1.82) is 0 Å². The van der Waals surface area contributed by atoms with E-state index in [-0.39, 0.29) is 17.7 Å². The molecule has 1 fully saturated rings. The minimum atomic E-state index is -0.502. The molecule has 2 rings (SSSR count). The maximum atomic E-state index is 12.7. The van der Waals surface area contributed by atoms with Gasteiger partial charge in [0.25, 0.3) is 0 Å². The van der Waals surface area contributed by atoms with Gasteiger partial charge in [-0.05, 0) is 31.0 Å². The van der Waals surface area contributed by atoms with Crippen LogP contribution in [-0.2, 0) is 4.79 Å². The van der Waals surface area contributed by atoms with E-state index in [2.05, 4.69) is 5.43 Å². The average molecular weight is 320 g/mol. The molecule has 2 atom stereocenters. The highest BCUT2D eigenvalue weighted by Crippen LogP contribution is 2.29. The van der Waals surface area contributed by atoms with Gasteiger partial charge in [0, 0.05) is 17.5 Å². The molecule has 0 radical (unpaired) electrons. The summed E-state index contributed by atoms with van der Waals surface area (Å²) in [6, 6.07) is 4.61. The van der Waals surface area contributed by atoms with Gasteiger partial charge in [-0.15, -0.1) is 0 Å². The van der Waals surface area contributed by atoms with Crippen LogP contribution in [0.2, 0.25) is 0 Å². The van der Waals surface area contributed by atoms with Crippen molar-refractivity contribution in [3.8, 4) is 11.5 Å². The van der Waals surface area contributed by atoms with Gasteiger partial charge in [-0.1, -0.05) is 19.3 Å². The second-order valence-corrected chi connectivity index (χ2v) is 5.78. The summed E-state index contributed by atoms with van der Waals surface area (Å²) < 4.78 is 10.3. The quantitative estimate of drug-likeness (QED) is 0.273. The predicted octanol–water partition coefficient (Wildman–Crippen LogP) is 1.87. The van der Waals surface area contributed by atoms with Crippen LogP contribution in [-0.4, -0.2) is 31.8 Å². The summed E-state index contributed by atoms with van der Waals surface area (Å²) in [4.78, 5) is 25.2. The van der Waals surface area contributed by atoms with Gasteiger partial charge in [-0.3, -0.25) is 20.9 Å². The molecule has 1 saturated carbocycles. The Bertz CT molecular complexity index is 574. The van der Waals surface area contributed by atoms with E-state index in [1.54, 1.807) is 18.2 Å². The van der Waals surface area contributed by atoms with E-state index in [1.807, 2.05) is 0 Å². The van der Waals surface area contributed by atoms with Crippen molar-refractivity contribution in [2.75, 3.05) is 14.2 Å². The molecule has 6 heteroatoms. The summed E-state index contributed by atoms with van der Waals surface area (Å²) in [5.41, 5.74) is 3.02. The van der Waals surface area contributed by atoms with Crippen molar-refractivity contribution in [3.05, 3.63) is 23.8 Å². The Morgan fingerprint density at radius 3 is 2.43 bits per heavy atom. The molecule has 1 aromatic rings. The van der Waals surface area contributed by atoms with E-state index in [9.17, 15) is 9.59 Å². The number of Topliss-reactive ketones (excluding diaryl/α,β-unsaturated/α-hetero) is 2. The molecule has 0 aromatic heterocycles. The molecule has 0 saturated heterocycles. The topological polar surface area (TPSA) is 90.7 Å². The molecule has 1 aliphatic carbocycles. The molecule has 23 heavy (non-hydrogen) atoms. The van der Waals surface area contributed by atoms with Crippen molar-refractivity contribution in [1.82, 2.24) is 5.43 Å². The van der Waals surface area contributed by atoms with Crippen LogP contribution in [0, 0.1) is 5.92 Å². The molecule has 126 valence electrons. The molecule has 2 unspecified atom stereocenters. The standard InChI is InChI=1S/C17H24N2O4/c1-22-14-9-8-11(10-15(14)23-2)16(20)17(21)12-6-4-3-5-7-13(12)19-18/h8-10,12-13,19H,3-7,18H2,1-2H3. The highest BCUT2D eigenvalue weighted by molar-refractivity contribution is 6.44. The highest BCUT2D eigenvalue weighted by atomic mass is 16.5. The Labute approximate surface area is 136 Å².